The van der Waals surface area contributed by atoms with E-state index in [1.807, 2.05) is 19.1 Å². The van der Waals surface area contributed by atoms with Crippen molar-refractivity contribution in [3.05, 3.63) is 58.1 Å². The first-order valence-corrected chi connectivity index (χ1v) is 9.20. The van der Waals surface area contributed by atoms with Crippen LogP contribution in [0.3, 0.4) is 0 Å². The molecule has 0 unspecified atom stereocenters. The van der Waals surface area contributed by atoms with Crippen LogP contribution < -0.4 is 4.31 Å². The summed E-state index contributed by atoms with van der Waals surface area (Å²) < 4.78 is 27.9. The Hall–Kier alpha value is -1.86. The number of halogens is 1. The van der Waals surface area contributed by atoms with Gasteiger partial charge in [0, 0.05) is 10.5 Å². The predicted octanol–water partition coefficient (Wildman–Crippen LogP) is 3.29. The summed E-state index contributed by atoms with van der Waals surface area (Å²) in [4.78, 5) is 11.2. The molecule has 5 nitrogen and oxygen atoms in total. The number of fused-ring (bicyclic) bond motifs is 1. The number of hydrogen-bond donors (Lipinski definition) is 1. The lowest BCUT2D eigenvalue weighted by atomic mass is 10.1. The Bertz CT molecular complexity index is 895. The summed E-state index contributed by atoms with van der Waals surface area (Å²) in [7, 11) is -3.84. The number of anilines is 1. The summed E-state index contributed by atoms with van der Waals surface area (Å²) in [6.07, 6.45) is 0.634. The van der Waals surface area contributed by atoms with Crippen LogP contribution in [-0.2, 0) is 16.4 Å². The number of carboxylic acid groups (broad SMARTS) is 1. The highest BCUT2D eigenvalue weighted by molar-refractivity contribution is 9.10. The van der Waals surface area contributed by atoms with Crippen molar-refractivity contribution in [2.24, 2.45) is 0 Å². The smallest absolute Gasteiger partial charge is 0.335 e. The average Bonchev–Trinajstić information content (AvgIpc) is 2.82. The fourth-order valence-electron chi connectivity index (χ4n) is 2.85. The molecule has 0 amide bonds. The van der Waals surface area contributed by atoms with Gasteiger partial charge in [0.05, 0.1) is 16.1 Å². The zero-order valence-electron chi connectivity index (χ0n) is 12.2. The zero-order chi connectivity index (χ0) is 16.8. The summed E-state index contributed by atoms with van der Waals surface area (Å²) >= 11 is 3.18. The minimum Gasteiger partial charge on any atom is -0.478 e. The number of aromatic carboxylic acids is 1. The Morgan fingerprint density at radius 3 is 2.65 bits per heavy atom. The zero-order valence-corrected chi connectivity index (χ0v) is 14.6. The highest BCUT2D eigenvalue weighted by Gasteiger charge is 2.36. The van der Waals surface area contributed by atoms with Gasteiger partial charge in [-0.3, -0.25) is 4.31 Å². The largest absolute Gasteiger partial charge is 0.478 e. The summed E-state index contributed by atoms with van der Waals surface area (Å²) in [5.41, 5.74) is 1.55. The molecule has 0 saturated carbocycles. The maximum Gasteiger partial charge on any atom is 0.335 e. The van der Waals surface area contributed by atoms with Gasteiger partial charge in [-0.2, -0.15) is 0 Å². The third kappa shape index (κ3) is 2.74. The Morgan fingerprint density at radius 1 is 1.26 bits per heavy atom. The molecule has 120 valence electrons. The number of rotatable bonds is 3. The van der Waals surface area contributed by atoms with Gasteiger partial charge in [-0.25, -0.2) is 13.2 Å². The molecule has 1 aliphatic rings. The molecule has 3 rings (SSSR count). The van der Waals surface area contributed by atoms with E-state index in [9.17, 15) is 13.2 Å². The SMILES string of the molecule is C[C@H]1Cc2ccccc2N1S(=O)(=O)c1cc(Br)cc(C(=O)O)c1. The summed E-state index contributed by atoms with van der Waals surface area (Å²) in [6.45, 7) is 1.84. The quantitative estimate of drug-likeness (QED) is 0.864. The summed E-state index contributed by atoms with van der Waals surface area (Å²) in [5, 5.41) is 9.15. The van der Waals surface area contributed by atoms with Gasteiger partial charge in [-0.1, -0.05) is 34.1 Å². The Labute approximate surface area is 142 Å². The van der Waals surface area contributed by atoms with Gasteiger partial charge in [0.2, 0.25) is 0 Å². The standard InChI is InChI=1S/C16H14BrNO4S/c1-10-6-11-4-2-3-5-15(11)18(10)23(21,22)14-8-12(16(19)20)7-13(17)9-14/h2-5,7-10H,6H2,1H3,(H,19,20)/t10-/m0/s1. The van der Waals surface area contributed by atoms with Gasteiger partial charge in [-0.15, -0.1) is 0 Å². The van der Waals surface area contributed by atoms with E-state index < -0.39 is 16.0 Å². The maximum atomic E-state index is 13.0. The molecule has 1 N–H and O–H groups in total. The fraction of sp³-hybridized carbons (Fsp3) is 0.188. The third-order valence-corrected chi connectivity index (χ3v) is 6.18. The molecule has 1 aliphatic heterocycles. The van der Waals surface area contributed by atoms with Crippen LogP contribution in [0.15, 0.2) is 51.8 Å². The number of nitrogens with zero attached hydrogens (tertiary/aromatic N) is 1. The summed E-state index contributed by atoms with van der Waals surface area (Å²) in [6, 6.07) is 11.1. The van der Waals surface area contributed by atoms with Crippen molar-refractivity contribution in [3.63, 3.8) is 0 Å². The van der Waals surface area contributed by atoms with Crippen LogP contribution in [-0.4, -0.2) is 25.5 Å². The molecule has 0 aromatic heterocycles. The third-order valence-electron chi connectivity index (χ3n) is 3.82. The molecule has 2 aromatic carbocycles. The number of para-hydroxylation sites is 1. The van der Waals surface area contributed by atoms with Crippen molar-refractivity contribution >= 4 is 37.6 Å². The molecule has 0 aliphatic carbocycles. The van der Waals surface area contributed by atoms with Crippen LogP contribution in [0.5, 0.6) is 0 Å². The minimum atomic E-state index is -3.84. The van der Waals surface area contributed by atoms with Gasteiger partial charge in [0.15, 0.2) is 0 Å². The van der Waals surface area contributed by atoms with E-state index in [4.69, 9.17) is 5.11 Å². The van der Waals surface area contributed by atoms with Crippen molar-refractivity contribution in [2.75, 3.05) is 4.31 Å². The average molecular weight is 396 g/mol. The highest BCUT2D eigenvalue weighted by Crippen LogP contribution is 2.37. The fourth-order valence-corrected chi connectivity index (χ4v) is 5.26. The first-order chi connectivity index (χ1) is 10.8. The van der Waals surface area contributed by atoms with Gasteiger partial charge >= 0.3 is 5.97 Å². The first kappa shape index (κ1) is 16.0. The van der Waals surface area contributed by atoms with Crippen LogP contribution in [0.1, 0.15) is 22.8 Å². The number of carboxylic acids is 1. The Morgan fingerprint density at radius 2 is 1.96 bits per heavy atom. The lowest BCUT2D eigenvalue weighted by Gasteiger charge is -2.24. The first-order valence-electron chi connectivity index (χ1n) is 6.97. The number of benzene rings is 2. The van der Waals surface area contributed by atoms with Gasteiger partial charge < -0.3 is 5.11 Å². The second-order valence-electron chi connectivity index (χ2n) is 5.46. The van der Waals surface area contributed by atoms with Crippen molar-refractivity contribution in [2.45, 2.75) is 24.3 Å². The number of hydrogen-bond acceptors (Lipinski definition) is 3. The topological polar surface area (TPSA) is 74.7 Å². The monoisotopic (exact) mass is 395 g/mol. The molecule has 7 heteroatoms. The molecule has 0 fully saturated rings. The van der Waals surface area contributed by atoms with Crippen LogP contribution in [0.4, 0.5) is 5.69 Å². The molecule has 1 atom stereocenters. The second-order valence-corrected chi connectivity index (χ2v) is 8.19. The van der Waals surface area contributed by atoms with E-state index >= 15 is 0 Å². The van der Waals surface area contributed by atoms with E-state index in [1.165, 1.54) is 22.5 Å². The Kier molecular flexibility index (Phi) is 3.93. The van der Waals surface area contributed by atoms with E-state index in [0.29, 0.717) is 16.6 Å². The van der Waals surface area contributed by atoms with E-state index in [1.54, 1.807) is 12.1 Å². The molecule has 0 radical (unpaired) electrons. The van der Waals surface area contributed by atoms with Gasteiger partial charge in [0.1, 0.15) is 0 Å². The van der Waals surface area contributed by atoms with Crippen LogP contribution >= 0.6 is 15.9 Å². The lowest BCUT2D eigenvalue weighted by Crippen LogP contribution is -2.35. The maximum absolute atomic E-state index is 13.0. The van der Waals surface area contributed by atoms with Crippen molar-refractivity contribution in [1.29, 1.82) is 0 Å². The van der Waals surface area contributed by atoms with Crippen LogP contribution in [0.25, 0.3) is 0 Å². The predicted molar refractivity (Wildman–Crippen MR) is 90.4 cm³/mol. The van der Waals surface area contributed by atoms with Crippen LogP contribution in [0, 0.1) is 0 Å². The minimum absolute atomic E-state index is 0.0344. The second kappa shape index (κ2) is 5.65. The molecule has 0 saturated heterocycles. The summed E-state index contributed by atoms with van der Waals surface area (Å²) in [5.74, 6) is -1.17. The van der Waals surface area contributed by atoms with E-state index in [0.717, 1.165) is 5.56 Å². The number of carbonyl (C=O) groups is 1. The highest BCUT2D eigenvalue weighted by atomic mass is 79.9. The molecule has 0 bridgehead atoms. The van der Waals surface area contributed by atoms with Crippen molar-refractivity contribution in [3.8, 4) is 0 Å². The lowest BCUT2D eigenvalue weighted by molar-refractivity contribution is 0.0696. The normalized spacial score (nSPS) is 17.1. The van der Waals surface area contributed by atoms with Crippen molar-refractivity contribution < 1.29 is 18.3 Å². The molecular weight excluding hydrogens is 382 g/mol. The van der Waals surface area contributed by atoms with Crippen LogP contribution in [0.2, 0.25) is 0 Å². The number of sulfonamides is 1. The molecular formula is C16H14BrNO4S. The molecule has 1 heterocycles. The van der Waals surface area contributed by atoms with Crippen molar-refractivity contribution in [1.82, 2.24) is 0 Å². The van der Waals surface area contributed by atoms with E-state index in [2.05, 4.69) is 15.9 Å². The Balaban J connectivity index is 2.15. The molecule has 2 aromatic rings. The van der Waals surface area contributed by atoms with Gasteiger partial charge in [0.25, 0.3) is 10.0 Å². The molecule has 0 spiro atoms. The van der Waals surface area contributed by atoms with Gasteiger partial charge in [-0.05, 0) is 43.2 Å². The van der Waals surface area contributed by atoms with E-state index in [-0.39, 0.29) is 16.5 Å². The molecule has 23 heavy (non-hydrogen) atoms.